The molecular weight excluding hydrogens is 315 g/mol. The maximum absolute atomic E-state index is 12.0. The predicted octanol–water partition coefficient (Wildman–Crippen LogP) is 3.14. The van der Waals surface area contributed by atoms with Crippen molar-refractivity contribution in [3.8, 4) is 0 Å². The molecule has 1 aromatic carbocycles. The smallest absolute Gasteiger partial charge is 0.312 e. The lowest BCUT2D eigenvalue weighted by molar-refractivity contribution is -0.0962. The monoisotopic (exact) mass is 328 g/mol. The minimum absolute atomic E-state index is 0.00638. The highest BCUT2D eigenvalue weighted by Crippen LogP contribution is 2.33. The fourth-order valence-electron chi connectivity index (χ4n) is 1.38. The van der Waals surface area contributed by atoms with Crippen LogP contribution in [0.1, 0.15) is 25.3 Å². The third-order valence-corrected chi connectivity index (χ3v) is 4.53. The Morgan fingerprint density at radius 3 is 2.47 bits per heavy atom. The van der Waals surface area contributed by atoms with Crippen LogP contribution in [0.25, 0.3) is 0 Å². The molecule has 0 saturated heterocycles. The van der Waals surface area contributed by atoms with E-state index in [4.69, 9.17) is 11.6 Å². The molecule has 0 aliphatic heterocycles. The van der Waals surface area contributed by atoms with Crippen LogP contribution in [-0.2, 0) is 28.2 Å². The van der Waals surface area contributed by atoms with Gasteiger partial charge in [0.2, 0.25) is 0 Å². The molecule has 108 valence electrons. The molecule has 19 heavy (non-hydrogen) atoms. The average molecular weight is 329 g/mol. The van der Waals surface area contributed by atoms with Crippen LogP contribution in [0, 0.1) is 0 Å². The van der Waals surface area contributed by atoms with Gasteiger partial charge in [-0.05, 0) is 17.5 Å². The van der Waals surface area contributed by atoms with Gasteiger partial charge in [-0.3, -0.25) is 4.57 Å². The van der Waals surface area contributed by atoms with Gasteiger partial charge in [-0.25, -0.2) is 0 Å². The van der Waals surface area contributed by atoms with E-state index in [2.05, 4.69) is 13.5 Å². The van der Waals surface area contributed by atoms with Crippen LogP contribution in [0.4, 0.5) is 0 Å². The lowest BCUT2D eigenvalue weighted by atomic mass is 10.0. The lowest BCUT2D eigenvalue weighted by Crippen LogP contribution is -2.10. The second-order valence-corrected chi connectivity index (χ2v) is 6.81. The summed E-state index contributed by atoms with van der Waals surface area (Å²) in [6.07, 6.45) is 0. The molecule has 6 nitrogen and oxygen atoms in total. The molecule has 0 saturated carbocycles. The third kappa shape index (κ3) is 4.27. The van der Waals surface area contributed by atoms with Crippen LogP contribution in [-0.4, -0.2) is 15.5 Å². The molecule has 0 bridgehead atoms. The topological polar surface area (TPSA) is 78.9 Å². The molecule has 1 aromatic rings. The molecule has 0 heterocycles. The lowest BCUT2D eigenvalue weighted by Gasteiger charge is -2.13. The molecule has 0 aliphatic carbocycles. The van der Waals surface area contributed by atoms with Crippen LogP contribution in [0.15, 0.2) is 23.1 Å². The minimum Gasteiger partial charge on any atom is -0.312 e. The zero-order chi connectivity index (χ0) is 14.6. The largest absolute Gasteiger partial charge is 0.348 e. The van der Waals surface area contributed by atoms with Gasteiger partial charge in [-0.1, -0.05) is 41.9 Å². The third-order valence-electron chi connectivity index (χ3n) is 2.23. The van der Waals surface area contributed by atoms with E-state index in [9.17, 15) is 13.0 Å². The first-order valence-electron chi connectivity index (χ1n) is 5.27. The molecule has 0 amide bonds. The average Bonchev–Trinajstić information content (AvgIpc) is 2.35. The van der Waals surface area contributed by atoms with Crippen molar-refractivity contribution in [1.29, 1.82) is 0 Å². The quantitative estimate of drug-likeness (QED) is 0.453. The maximum atomic E-state index is 12.0. The van der Waals surface area contributed by atoms with Gasteiger partial charge >= 0.3 is 18.4 Å². The first-order chi connectivity index (χ1) is 8.79. The van der Waals surface area contributed by atoms with Gasteiger partial charge in [0, 0.05) is 7.11 Å². The van der Waals surface area contributed by atoms with Crippen molar-refractivity contribution in [2.24, 2.45) is 0 Å². The Hall–Kier alpha value is -0.430. The van der Waals surface area contributed by atoms with Crippen LogP contribution >= 0.6 is 19.9 Å². The zero-order valence-electron chi connectivity index (χ0n) is 10.5. The summed E-state index contributed by atoms with van der Waals surface area (Å²) in [4.78, 5) is -0.197. The normalized spacial score (nSPS) is 13.7. The fourth-order valence-corrected chi connectivity index (χ4v) is 3.47. The highest BCUT2D eigenvalue weighted by Gasteiger charge is 2.26. The number of hydrogen-bond acceptors (Lipinski definition) is 6. The van der Waals surface area contributed by atoms with Crippen LogP contribution in [0.2, 0.25) is 5.02 Å². The van der Waals surface area contributed by atoms with Gasteiger partial charge in [0.25, 0.3) is 0 Å². The Kier molecular flexibility index (Phi) is 5.98. The minimum atomic E-state index is -4.28. The van der Waals surface area contributed by atoms with Crippen molar-refractivity contribution in [1.82, 2.24) is 0 Å². The first-order valence-corrected chi connectivity index (χ1v) is 8.28. The molecule has 1 rings (SSSR count). The van der Waals surface area contributed by atoms with E-state index >= 15 is 0 Å². The van der Waals surface area contributed by atoms with E-state index in [1.54, 1.807) is 12.1 Å². The molecule has 0 N–H and O–H groups in total. The number of hydrogen-bond donors (Lipinski definition) is 0. The second kappa shape index (κ2) is 6.83. The Labute approximate surface area is 117 Å². The van der Waals surface area contributed by atoms with E-state index in [0.717, 1.165) is 7.11 Å². The van der Waals surface area contributed by atoms with E-state index in [-0.39, 0.29) is 15.8 Å². The molecular formula is C10H14ClO6PS. The van der Waals surface area contributed by atoms with Crippen molar-refractivity contribution in [3.05, 3.63) is 28.8 Å². The second-order valence-electron chi connectivity index (χ2n) is 3.87. The van der Waals surface area contributed by atoms with E-state index in [1.165, 1.54) is 6.07 Å². The Bertz CT molecular complexity index is 571. The molecule has 0 aliphatic rings. The van der Waals surface area contributed by atoms with Crippen molar-refractivity contribution in [3.63, 3.8) is 0 Å². The highest BCUT2D eigenvalue weighted by atomic mass is 35.5. The number of rotatable bonds is 6. The summed E-state index contributed by atoms with van der Waals surface area (Å²) in [5.74, 6) is -0.0912. The van der Waals surface area contributed by atoms with Crippen molar-refractivity contribution < 1.29 is 26.5 Å². The Balaban J connectivity index is 3.17. The van der Waals surface area contributed by atoms with E-state index in [0.29, 0.717) is 5.56 Å². The van der Waals surface area contributed by atoms with Gasteiger partial charge in [0.15, 0.2) is 0 Å². The van der Waals surface area contributed by atoms with Crippen LogP contribution < -0.4 is 0 Å². The zero-order valence-corrected chi connectivity index (χ0v) is 13.1. The molecule has 9 heteroatoms. The molecule has 1 unspecified atom stereocenters. The summed E-state index contributed by atoms with van der Waals surface area (Å²) >= 11 is 5.89. The van der Waals surface area contributed by atoms with Gasteiger partial charge in [0.1, 0.15) is 4.90 Å². The summed E-state index contributed by atoms with van der Waals surface area (Å²) in [5.41, 5.74) is 0.480. The van der Waals surface area contributed by atoms with Gasteiger partial charge in [-0.15, -0.1) is 4.67 Å². The first kappa shape index (κ1) is 16.6. The van der Waals surface area contributed by atoms with E-state index < -0.39 is 18.4 Å². The number of halogens is 1. The Morgan fingerprint density at radius 2 is 1.95 bits per heavy atom. The summed E-state index contributed by atoms with van der Waals surface area (Å²) in [5, 5.41) is 0.00638. The highest BCUT2D eigenvalue weighted by molar-refractivity contribution is 7.87. The SMILES string of the molecule is CO[PH](=O)OOS(=O)(=O)c1c(Cl)cccc1C(C)C. The van der Waals surface area contributed by atoms with Gasteiger partial charge in [0.05, 0.1) is 5.02 Å². The standard InChI is InChI=1S/C10H14ClO6PS/c1-7(2)8-5-4-6-9(11)10(8)19(13,14)17-16-18(12)15-3/h4-7,18H,1-3H3. The van der Waals surface area contributed by atoms with E-state index in [1.807, 2.05) is 13.8 Å². The van der Waals surface area contributed by atoms with Crippen molar-refractivity contribution >= 4 is 30.0 Å². The van der Waals surface area contributed by atoms with Crippen molar-refractivity contribution in [2.45, 2.75) is 24.7 Å². The summed E-state index contributed by atoms with van der Waals surface area (Å²) in [7, 11) is -6.19. The maximum Gasteiger partial charge on any atom is 0.348 e. The molecule has 0 aromatic heterocycles. The number of benzene rings is 1. The summed E-state index contributed by atoms with van der Waals surface area (Å²) < 4.78 is 47.6. The molecule has 1 atom stereocenters. The predicted molar refractivity (Wildman–Crippen MR) is 70.9 cm³/mol. The van der Waals surface area contributed by atoms with Gasteiger partial charge < -0.3 is 4.52 Å². The van der Waals surface area contributed by atoms with Gasteiger partial charge in [-0.2, -0.15) is 8.42 Å². The molecule has 0 spiro atoms. The summed E-state index contributed by atoms with van der Waals surface area (Å²) in [6.45, 7) is 3.62. The van der Waals surface area contributed by atoms with Crippen LogP contribution in [0.5, 0.6) is 0 Å². The molecule has 0 fully saturated rings. The summed E-state index contributed by atoms with van der Waals surface area (Å²) in [6, 6.07) is 4.67. The van der Waals surface area contributed by atoms with Crippen LogP contribution in [0.3, 0.4) is 0 Å². The molecule has 0 radical (unpaired) electrons. The van der Waals surface area contributed by atoms with Crippen molar-refractivity contribution in [2.75, 3.05) is 7.11 Å². The fraction of sp³-hybridized carbons (Fsp3) is 0.400. The Morgan fingerprint density at radius 1 is 1.32 bits per heavy atom.